The number of rotatable bonds is 1. The number of hydrogen-bond donors (Lipinski definition) is 0. The van der Waals surface area contributed by atoms with Gasteiger partial charge in [0.15, 0.2) is 11.5 Å². The molecule has 0 amide bonds. The molecule has 1 aliphatic rings. The van der Waals surface area contributed by atoms with E-state index in [0.29, 0.717) is 0 Å². The molecular weight excluding hydrogens is 438 g/mol. The molecule has 0 bridgehead atoms. The maximum Gasteiger partial charge on any atom is 0.152 e. The van der Waals surface area contributed by atoms with Crippen molar-refractivity contribution in [2.24, 2.45) is 0 Å². The molecule has 5 aromatic rings. The molecule has 5 aromatic carbocycles. The van der Waals surface area contributed by atoms with Crippen molar-refractivity contribution in [2.45, 2.75) is 53.9 Å². The smallest absolute Gasteiger partial charge is 0.152 e. The summed E-state index contributed by atoms with van der Waals surface area (Å²) in [4.78, 5) is 2.48. The Labute approximate surface area is 214 Å². The van der Waals surface area contributed by atoms with Gasteiger partial charge in [0.05, 0.1) is 17.1 Å². The van der Waals surface area contributed by atoms with Gasteiger partial charge >= 0.3 is 0 Å². The normalized spacial score (nSPS) is 13.0. The highest BCUT2D eigenvalue weighted by Crippen LogP contribution is 2.57. The minimum atomic E-state index is 0.0858. The molecule has 0 aliphatic carbocycles. The number of hydrogen-bond acceptors (Lipinski definition) is 2. The van der Waals surface area contributed by atoms with Gasteiger partial charge in [0.2, 0.25) is 0 Å². The molecule has 0 saturated heterocycles. The van der Waals surface area contributed by atoms with Gasteiger partial charge in [-0.1, -0.05) is 81.4 Å². The first-order valence-electron chi connectivity index (χ1n) is 12.8. The van der Waals surface area contributed by atoms with Crippen molar-refractivity contribution in [1.29, 1.82) is 0 Å². The van der Waals surface area contributed by atoms with Gasteiger partial charge in [-0.25, -0.2) is 0 Å². The number of aryl methyl sites for hydroxylation is 4. The first-order chi connectivity index (χ1) is 17.1. The molecule has 0 fully saturated rings. The molecule has 6 rings (SSSR count). The zero-order valence-electron chi connectivity index (χ0n) is 22.3. The Morgan fingerprint density at radius 1 is 0.528 bits per heavy atom. The lowest BCUT2D eigenvalue weighted by Gasteiger charge is -2.37. The molecule has 0 aromatic heterocycles. The number of ether oxygens (including phenoxy) is 1. The molecule has 0 atom stereocenters. The van der Waals surface area contributed by atoms with Crippen LogP contribution in [0.5, 0.6) is 11.5 Å². The molecule has 0 spiro atoms. The molecule has 0 N–H and O–H groups in total. The highest BCUT2D eigenvalue weighted by atomic mass is 16.5. The van der Waals surface area contributed by atoms with Crippen molar-refractivity contribution in [3.63, 3.8) is 0 Å². The first kappa shape index (κ1) is 22.7. The van der Waals surface area contributed by atoms with Gasteiger partial charge in [0.25, 0.3) is 0 Å². The van der Waals surface area contributed by atoms with E-state index in [1.165, 1.54) is 55.0 Å². The lowest BCUT2D eigenvalue weighted by atomic mass is 9.84. The van der Waals surface area contributed by atoms with Crippen molar-refractivity contribution in [3.8, 4) is 11.5 Å². The van der Waals surface area contributed by atoms with E-state index in [2.05, 4.69) is 126 Å². The fourth-order valence-electron chi connectivity index (χ4n) is 5.78. The third-order valence-electron chi connectivity index (χ3n) is 7.68. The van der Waals surface area contributed by atoms with Gasteiger partial charge in [0, 0.05) is 10.8 Å². The highest BCUT2D eigenvalue weighted by molar-refractivity contribution is 6.11. The fraction of sp³-hybridized carbons (Fsp3) is 0.235. The van der Waals surface area contributed by atoms with Crippen molar-refractivity contribution in [3.05, 3.63) is 101 Å². The molecule has 1 aliphatic heterocycles. The fourth-order valence-corrected chi connectivity index (χ4v) is 5.78. The number of anilines is 3. The van der Waals surface area contributed by atoms with Crippen molar-refractivity contribution in [1.82, 2.24) is 0 Å². The third-order valence-corrected chi connectivity index (χ3v) is 7.68. The number of benzene rings is 5. The molecule has 0 saturated carbocycles. The largest absolute Gasteiger partial charge is 0.453 e. The van der Waals surface area contributed by atoms with E-state index < -0.39 is 0 Å². The van der Waals surface area contributed by atoms with E-state index in [1.54, 1.807) is 0 Å². The highest BCUT2D eigenvalue weighted by Gasteiger charge is 2.32. The number of fused-ring (bicyclic) bond motifs is 6. The van der Waals surface area contributed by atoms with E-state index in [4.69, 9.17) is 4.74 Å². The molecule has 0 unspecified atom stereocenters. The summed E-state index contributed by atoms with van der Waals surface area (Å²) in [5.41, 5.74) is 10.00. The van der Waals surface area contributed by atoms with Gasteiger partial charge < -0.3 is 9.64 Å². The Bertz CT molecular complexity index is 1570. The minimum absolute atomic E-state index is 0.0858. The van der Waals surface area contributed by atoms with Crippen LogP contribution in [0.25, 0.3) is 21.5 Å². The van der Waals surface area contributed by atoms with E-state index in [9.17, 15) is 0 Å². The van der Waals surface area contributed by atoms with Crippen LogP contribution in [-0.2, 0) is 5.41 Å². The Morgan fingerprint density at radius 2 is 1.00 bits per heavy atom. The van der Waals surface area contributed by atoms with E-state index >= 15 is 0 Å². The molecule has 180 valence electrons. The summed E-state index contributed by atoms with van der Waals surface area (Å²) in [6.45, 7) is 15.7. The van der Waals surface area contributed by atoms with E-state index in [-0.39, 0.29) is 5.41 Å². The lowest BCUT2D eigenvalue weighted by molar-refractivity contribution is 0.478. The van der Waals surface area contributed by atoms with Crippen LogP contribution in [0, 0.1) is 27.7 Å². The molecule has 36 heavy (non-hydrogen) atoms. The second kappa shape index (κ2) is 7.86. The average molecular weight is 472 g/mol. The van der Waals surface area contributed by atoms with E-state index in [0.717, 1.165) is 22.9 Å². The predicted octanol–water partition coefficient (Wildman–Crippen LogP) is 10.1. The number of nitrogens with zero attached hydrogens (tertiary/aromatic N) is 1. The maximum atomic E-state index is 6.64. The van der Waals surface area contributed by atoms with Gasteiger partial charge in [-0.3, -0.25) is 0 Å². The average Bonchev–Trinajstić information content (AvgIpc) is 2.82. The maximum absolute atomic E-state index is 6.64. The van der Waals surface area contributed by atoms with Gasteiger partial charge in [-0.05, 0) is 83.8 Å². The molecule has 1 heterocycles. The van der Waals surface area contributed by atoms with Crippen molar-refractivity contribution in [2.75, 3.05) is 4.90 Å². The predicted molar refractivity (Wildman–Crippen MR) is 154 cm³/mol. The molecule has 2 nitrogen and oxygen atoms in total. The first-order valence-corrected chi connectivity index (χ1v) is 12.8. The summed E-state index contributed by atoms with van der Waals surface area (Å²) in [7, 11) is 0. The zero-order valence-corrected chi connectivity index (χ0v) is 22.3. The summed E-state index contributed by atoms with van der Waals surface area (Å²) < 4.78 is 6.64. The quantitative estimate of drug-likeness (QED) is 0.236. The van der Waals surface area contributed by atoms with Crippen LogP contribution in [-0.4, -0.2) is 0 Å². The third kappa shape index (κ3) is 3.32. The lowest BCUT2D eigenvalue weighted by Crippen LogP contribution is -2.20. The molecule has 0 radical (unpaired) electrons. The second-order valence-electron chi connectivity index (χ2n) is 11.3. The SMILES string of the molecule is Cc1cc(C(C)(C)C)cc(C)c1N1c2c(ccc3c(C)cccc23)Oc2ccc3c(C)cccc3c21. The Morgan fingerprint density at radius 3 is 1.44 bits per heavy atom. The standard InChI is InChI=1S/C34H33NO/c1-20-10-8-12-27-25(20)14-16-29-32(27)35(31-22(3)18-24(19-23(31)4)34(5,6)7)33-28-13-9-11-21(2)26(28)15-17-30(33)36-29/h8-19H,1-7H3. The summed E-state index contributed by atoms with van der Waals surface area (Å²) in [6, 6.07) is 26.5. The molecule has 2 heteroatoms. The Balaban J connectivity index is 1.77. The summed E-state index contributed by atoms with van der Waals surface area (Å²) in [6.07, 6.45) is 0. The van der Waals surface area contributed by atoms with Crippen LogP contribution in [0.4, 0.5) is 17.1 Å². The minimum Gasteiger partial charge on any atom is -0.453 e. The van der Waals surface area contributed by atoms with Gasteiger partial charge in [-0.15, -0.1) is 0 Å². The summed E-state index contributed by atoms with van der Waals surface area (Å²) >= 11 is 0. The van der Waals surface area contributed by atoms with Crippen LogP contribution in [0.2, 0.25) is 0 Å². The van der Waals surface area contributed by atoms with Crippen molar-refractivity contribution >= 4 is 38.6 Å². The van der Waals surface area contributed by atoms with Crippen LogP contribution in [0.15, 0.2) is 72.8 Å². The summed E-state index contributed by atoms with van der Waals surface area (Å²) in [5.74, 6) is 1.79. The summed E-state index contributed by atoms with van der Waals surface area (Å²) in [5, 5.41) is 4.93. The Hall–Kier alpha value is -3.78. The molecular formula is C34H33NO. The van der Waals surface area contributed by atoms with Crippen LogP contribution in [0.3, 0.4) is 0 Å². The topological polar surface area (TPSA) is 12.5 Å². The van der Waals surface area contributed by atoms with Crippen LogP contribution in [0.1, 0.15) is 48.6 Å². The van der Waals surface area contributed by atoms with Crippen LogP contribution < -0.4 is 9.64 Å². The monoisotopic (exact) mass is 471 g/mol. The Kier molecular flexibility index (Phi) is 4.95. The van der Waals surface area contributed by atoms with Gasteiger partial charge in [0.1, 0.15) is 0 Å². The van der Waals surface area contributed by atoms with E-state index in [1.807, 2.05) is 0 Å². The zero-order chi connectivity index (χ0) is 25.4. The van der Waals surface area contributed by atoms with Gasteiger partial charge in [-0.2, -0.15) is 0 Å². The second-order valence-corrected chi connectivity index (χ2v) is 11.3. The van der Waals surface area contributed by atoms with Crippen molar-refractivity contribution < 1.29 is 4.74 Å². The van der Waals surface area contributed by atoms with Crippen LogP contribution >= 0.6 is 0 Å².